The van der Waals surface area contributed by atoms with Gasteiger partial charge in [-0.25, -0.2) is 9.67 Å². The fourth-order valence-electron chi connectivity index (χ4n) is 2.32. The molecule has 2 N–H and O–H groups in total. The van der Waals surface area contributed by atoms with E-state index >= 15 is 0 Å². The molecule has 124 valence electrons. The summed E-state index contributed by atoms with van der Waals surface area (Å²) in [4.78, 5) is 15.1. The van der Waals surface area contributed by atoms with Crippen LogP contribution in [0.3, 0.4) is 0 Å². The van der Waals surface area contributed by atoms with Gasteiger partial charge < -0.3 is 10.6 Å². The van der Waals surface area contributed by atoms with Crippen LogP contribution in [0.2, 0.25) is 0 Å². The molecule has 0 spiro atoms. The number of benzene rings is 1. The van der Waals surface area contributed by atoms with Gasteiger partial charge in [-0.15, -0.1) is 5.10 Å². The van der Waals surface area contributed by atoms with Crippen molar-refractivity contribution >= 4 is 34.0 Å². The molecular weight excluding hydrogens is 310 g/mol. The molecule has 0 bridgehead atoms. The van der Waals surface area contributed by atoms with Crippen LogP contribution >= 0.6 is 0 Å². The maximum absolute atomic E-state index is 11.2. The highest BCUT2D eigenvalue weighted by Gasteiger charge is 2.17. The Labute approximate surface area is 137 Å². The van der Waals surface area contributed by atoms with Crippen LogP contribution in [0.15, 0.2) is 30.3 Å². The summed E-state index contributed by atoms with van der Waals surface area (Å²) in [6.07, 6.45) is 0. The van der Waals surface area contributed by atoms with Crippen molar-refractivity contribution in [2.45, 2.75) is 19.9 Å². The number of hydrogen-bond donors (Lipinski definition) is 2. The first-order valence-corrected chi connectivity index (χ1v) is 7.42. The third-order valence-corrected chi connectivity index (χ3v) is 3.38. The first kappa shape index (κ1) is 15.7. The van der Waals surface area contributed by atoms with Gasteiger partial charge in [0.15, 0.2) is 0 Å². The minimum Gasteiger partial charge on any atom is -0.368 e. The quantitative estimate of drug-likeness (QED) is 0.547. The van der Waals surface area contributed by atoms with Crippen LogP contribution in [0, 0.1) is 10.1 Å². The minimum atomic E-state index is -0.463. The van der Waals surface area contributed by atoms with Crippen molar-refractivity contribution in [3.63, 3.8) is 0 Å². The van der Waals surface area contributed by atoms with Gasteiger partial charge in [-0.1, -0.05) is 5.21 Å². The van der Waals surface area contributed by atoms with Gasteiger partial charge in [0, 0.05) is 24.8 Å². The zero-order valence-corrected chi connectivity index (χ0v) is 13.5. The molecule has 0 fully saturated rings. The predicted molar refractivity (Wildman–Crippen MR) is 91.4 cm³/mol. The number of rotatable bonds is 5. The Bertz CT molecular complexity index is 904. The first-order chi connectivity index (χ1) is 11.4. The van der Waals surface area contributed by atoms with Crippen molar-refractivity contribution in [1.29, 1.82) is 0 Å². The molecule has 0 radical (unpaired) electrons. The van der Waals surface area contributed by atoms with E-state index in [9.17, 15) is 10.1 Å². The van der Waals surface area contributed by atoms with Crippen molar-refractivity contribution in [2.24, 2.45) is 7.05 Å². The fourth-order valence-corrected chi connectivity index (χ4v) is 2.32. The van der Waals surface area contributed by atoms with Crippen molar-refractivity contribution in [1.82, 2.24) is 20.0 Å². The van der Waals surface area contributed by atoms with Gasteiger partial charge in [0.2, 0.25) is 5.82 Å². The highest BCUT2D eigenvalue weighted by Crippen LogP contribution is 2.28. The van der Waals surface area contributed by atoms with E-state index in [-0.39, 0.29) is 17.5 Å². The standard InChI is InChI=1S/C15H17N7O2/c1-9(2)16-14-7-6-13(22(23)24)15(18-14)17-10-4-5-12-11(8-10)19-20-21(12)3/h4-9H,1-3H3,(H2,16,17,18). The zero-order chi connectivity index (χ0) is 17.3. The molecule has 2 aromatic heterocycles. The molecule has 0 atom stereocenters. The lowest BCUT2D eigenvalue weighted by atomic mass is 10.2. The number of anilines is 3. The number of nitrogens with zero attached hydrogens (tertiary/aromatic N) is 5. The lowest BCUT2D eigenvalue weighted by Gasteiger charge is -2.11. The van der Waals surface area contributed by atoms with Crippen LogP contribution in [0.4, 0.5) is 23.0 Å². The Morgan fingerprint density at radius 3 is 2.75 bits per heavy atom. The topological polar surface area (TPSA) is 111 Å². The summed E-state index contributed by atoms with van der Waals surface area (Å²) in [6, 6.07) is 8.62. The van der Waals surface area contributed by atoms with Gasteiger partial charge in [-0.3, -0.25) is 10.1 Å². The monoisotopic (exact) mass is 327 g/mol. The molecule has 9 heteroatoms. The molecule has 0 aliphatic heterocycles. The summed E-state index contributed by atoms with van der Waals surface area (Å²) in [5.41, 5.74) is 2.13. The van der Waals surface area contributed by atoms with Gasteiger partial charge in [0.25, 0.3) is 0 Å². The molecule has 1 aromatic carbocycles. The smallest absolute Gasteiger partial charge is 0.311 e. The van der Waals surface area contributed by atoms with E-state index in [1.165, 1.54) is 6.07 Å². The predicted octanol–water partition coefficient (Wildman–Crippen LogP) is 2.84. The van der Waals surface area contributed by atoms with E-state index in [1.54, 1.807) is 29.9 Å². The van der Waals surface area contributed by atoms with Crippen molar-refractivity contribution in [3.8, 4) is 0 Å². The third kappa shape index (κ3) is 3.09. The lowest BCUT2D eigenvalue weighted by Crippen LogP contribution is -2.12. The van der Waals surface area contributed by atoms with Crippen molar-refractivity contribution in [2.75, 3.05) is 10.6 Å². The third-order valence-electron chi connectivity index (χ3n) is 3.38. The van der Waals surface area contributed by atoms with Crippen LogP contribution in [0.25, 0.3) is 11.0 Å². The van der Waals surface area contributed by atoms with Crippen LogP contribution < -0.4 is 10.6 Å². The number of nitro groups is 1. The molecule has 0 saturated heterocycles. The summed E-state index contributed by atoms with van der Waals surface area (Å²) in [5.74, 6) is 0.743. The van der Waals surface area contributed by atoms with E-state index in [1.807, 2.05) is 19.9 Å². The van der Waals surface area contributed by atoms with E-state index < -0.39 is 4.92 Å². The Morgan fingerprint density at radius 1 is 1.25 bits per heavy atom. The molecule has 0 unspecified atom stereocenters. The molecular formula is C15H17N7O2. The molecule has 9 nitrogen and oxygen atoms in total. The molecule has 2 heterocycles. The second-order valence-electron chi connectivity index (χ2n) is 5.66. The number of aryl methyl sites for hydroxylation is 1. The number of hydrogen-bond acceptors (Lipinski definition) is 7. The van der Waals surface area contributed by atoms with Crippen LogP contribution in [-0.2, 0) is 7.05 Å². The molecule has 24 heavy (non-hydrogen) atoms. The molecule has 0 aliphatic carbocycles. The van der Waals surface area contributed by atoms with Gasteiger partial charge in [-0.05, 0) is 38.1 Å². The van der Waals surface area contributed by atoms with Crippen LogP contribution in [-0.4, -0.2) is 30.9 Å². The highest BCUT2D eigenvalue weighted by molar-refractivity contribution is 5.80. The minimum absolute atomic E-state index is 0.0939. The molecule has 0 aliphatic rings. The van der Waals surface area contributed by atoms with Crippen LogP contribution in [0.1, 0.15) is 13.8 Å². The zero-order valence-electron chi connectivity index (χ0n) is 13.5. The summed E-state index contributed by atoms with van der Waals surface area (Å²) >= 11 is 0. The average Bonchev–Trinajstić information content (AvgIpc) is 2.87. The van der Waals surface area contributed by atoms with Gasteiger partial charge in [0.1, 0.15) is 11.3 Å². The first-order valence-electron chi connectivity index (χ1n) is 7.42. The Hall–Kier alpha value is -3.23. The SMILES string of the molecule is CC(C)Nc1ccc([N+](=O)[O-])c(Nc2ccc3c(c2)nnn3C)n1. The second kappa shape index (κ2) is 6.11. The lowest BCUT2D eigenvalue weighted by molar-refractivity contribution is -0.384. The number of pyridine rings is 1. The largest absolute Gasteiger partial charge is 0.368 e. The molecule has 3 rings (SSSR count). The summed E-state index contributed by atoms with van der Waals surface area (Å²) in [5, 5.41) is 25.4. The van der Waals surface area contributed by atoms with Crippen LogP contribution in [0.5, 0.6) is 0 Å². The number of fused-ring (bicyclic) bond motifs is 1. The van der Waals surface area contributed by atoms with Gasteiger partial charge >= 0.3 is 5.69 Å². The van der Waals surface area contributed by atoms with Gasteiger partial charge in [0.05, 0.1) is 10.4 Å². The maximum atomic E-state index is 11.2. The molecule has 0 amide bonds. The van der Waals surface area contributed by atoms with E-state index in [0.29, 0.717) is 17.0 Å². The summed E-state index contributed by atoms with van der Waals surface area (Å²) < 4.78 is 1.66. The van der Waals surface area contributed by atoms with E-state index in [4.69, 9.17) is 0 Å². The average molecular weight is 327 g/mol. The fraction of sp³-hybridized carbons (Fsp3) is 0.267. The Morgan fingerprint density at radius 2 is 2.04 bits per heavy atom. The maximum Gasteiger partial charge on any atom is 0.311 e. The second-order valence-corrected chi connectivity index (χ2v) is 5.66. The highest BCUT2D eigenvalue weighted by atomic mass is 16.6. The van der Waals surface area contributed by atoms with E-state index in [0.717, 1.165) is 5.52 Å². The number of aromatic nitrogens is 4. The van der Waals surface area contributed by atoms with E-state index in [2.05, 4.69) is 25.9 Å². The Kier molecular flexibility index (Phi) is 3.98. The summed E-state index contributed by atoms with van der Waals surface area (Å²) in [7, 11) is 1.80. The number of nitrogens with one attached hydrogen (secondary N) is 2. The van der Waals surface area contributed by atoms with Crippen molar-refractivity contribution < 1.29 is 4.92 Å². The molecule has 3 aromatic rings. The molecule has 0 saturated carbocycles. The van der Waals surface area contributed by atoms with Crippen molar-refractivity contribution in [3.05, 3.63) is 40.4 Å². The normalized spacial score (nSPS) is 11.0. The van der Waals surface area contributed by atoms with Gasteiger partial charge in [-0.2, -0.15) is 0 Å². The summed E-state index contributed by atoms with van der Waals surface area (Å²) in [6.45, 7) is 3.94. The Balaban J connectivity index is 1.97.